The quantitative estimate of drug-likeness (QED) is 0.561. The molecule has 4 rings (SSSR count). The lowest BCUT2D eigenvalue weighted by Gasteiger charge is -2.20. The molecular weight excluding hydrogens is 367 g/mol. The first-order valence-electron chi connectivity index (χ1n) is 9.84. The first kappa shape index (κ1) is 19.2. The summed E-state index contributed by atoms with van der Waals surface area (Å²) in [6.45, 7) is 4.06. The fourth-order valence-electron chi connectivity index (χ4n) is 4.09. The van der Waals surface area contributed by atoms with Crippen LogP contribution in [-0.2, 0) is 12.8 Å². The highest BCUT2D eigenvalue weighted by Crippen LogP contribution is 2.41. The smallest absolute Gasteiger partial charge is 0.213 e. The number of methoxy groups -OCH3 is 1. The maximum Gasteiger partial charge on any atom is 0.213 e. The number of pyridine rings is 2. The van der Waals surface area contributed by atoms with Crippen molar-refractivity contribution in [1.82, 2.24) is 9.97 Å². The highest BCUT2D eigenvalue weighted by atomic mass is 19.1. The number of aromatic nitrogens is 2. The molecule has 0 radical (unpaired) electrons. The van der Waals surface area contributed by atoms with E-state index >= 15 is 0 Å². The van der Waals surface area contributed by atoms with Gasteiger partial charge >= 0.3 is 0 Å². The predicted molar refractivity (Wildman–Crippen MR) is 111 cm³/mol. The van der Waals surface area contributed by atoms with Gasteiger partial charge in [-0.2, -0.15) is 0 Å². The predicted octanol–water partition coefficient (Wildman–Crippen LogP) is 5.38. The second-order valence-corrected chi connectivity index (χ2v) is 7.63. The molecule has 4 nitrogen and oxygen atoms in total. The summed E-state index contributed by atoms with van der Waals surface area (Å²) in [5.41, 5.74) is 7.03. The number of fused-ring (bicyclic) bond motifs is 3. The Kier molecular flexibility index (Phi) is 5.14. The van der Waals surface area contributed by atoms with Gasteiger partial charge < -0.3 is 4.74 Å². The zero-order valence-electron chi connectivity index (χ0n) is 16.8. The molecule has 0 unspecified atom stereocenters. The second-order valence-electron chi connectivity index (χ2n) is 7.63. The van der Waals surface area contributed by atoms with Crippen molar-refractivity contribution in [2.24, 2.45) is 0 Å². The topological polar surface area (TPSA) is 52.1 Å². The number of aldehydes is 1. The van der Waals surface area contributed by atoms with Gasteiger partial charge in [0.1, 0.15) is 5.82 Å². The van der Waals surface area contributed by atoms with Gasteiger partial charge in [0.05, 0.1) is 18.5 Å². The van der Waals surface area contributed by atoms with E-state index in [1.807, 2.05) is 26.1 Å². The van der Waals surface area contributed by atoms with Gasteiger partial charge in [0.25, 0.3) is 0 Å². The zero-order chi connectivity index (χ0) is 20.5. The van der Waals surface area contributed by atoms with Crippen LogP contribution in [0.5, 0.6) is 5.88 Å². The first-order valence-corrected chi connectivity index (χ1v) is 9.84. The molecule has 0 N–H and O–H groups in total. The summed E-state index contributed by atoms with van der Waals surface area (Å²) in [5.74, 6) is 0.351. The average Bonchev–Trinajstić information content (AvgIpc) is 2.91. The standard InChI is InChI=1S/C24H23FN2O2/c1-14(2)23-20(13-28)22(15-7-9-17(25)10-8-15)18-6-4-5-16-11-21(29-3)26-12-19(16)24(18)27-23/h7-14H,4-6H2,1-3H3. The summed E-state index contributed by atoms with van der Waals surface area (Å²) in [6, 6.07) is 8.30. The molecule has 0 saturated heterocycles. The van der Waals surface area contributed by atoms with Crippen molar-refractivity contribution >= 4 is 6.29 Å². The minimum Gasteiger partial charge on any atom is -0.481 e. The zero-order valence-corrected chi connectivity index (χ0v) is 16.8. The Balaban J connectivity index is 2.07. The number of carbonyl (C=O) groups is 1. The van der Waals surface area contributed by atoms with E-state index in [9.17, 15) is 9.18 Å². The molecule has 0 aliphatic heterocycles. The van der Waals surface area contributed by atoms with Crippen molar-refractivity contribution in [2.75, 3.05) is 7.11 Å². The van der Waals surface area contributed by atoms with E-state index in [4.69, 9.17) is 9.72 Å². The first-order chi connectivity index (χ1) is 14.0. The molecule has 0 amide bonds. The van der Waals surface area contributed by atoms with E-state index < -0.39 is 0 Å². The molecule has 1 aliphatic rings. The SMILES string of the molecule is COc1cc2c(cn1)-c1nc(C(C)C)c(C=O)c(-c3ccc(F)cc3)c1CCC2. The summed E-state index contributed by atoms with van der Waals surface area (Å²) in [5, 5.41) is 0. The van der Waals surface area contributed by atoms with Gasteiger partial charge in [-0.05, 0) is 59.6 Å². The van der Waals surface area contributed by atoms with Crippen LogP contribution in [0.3, 0.4) is 0 Å². The lowest BCUT2D eigenvalue weighted by atomic mass is 9.87. The lowest BCUT2D eigenvalue weighted by Crippen LogP contribution is -2.08. The van der Waals surface area contributed by atoms with Crippen LogP contribution in [0.4, 0.5) is 4.39 Å². The van der Waals surface area contributed by atoms with E-state index in [0.29, 0.717) is 11.4 Å². The van der Waals surface area contributed by atoms with E-state index in [2.05, 4.69) is 4.98 Å². The monoisotopic (exact) mass is 390 g/mol. The Morgan fingerprint density at radius 3 is 2.59 bits per heavy atom. The largest absolute Gasteiger partial charge is 0.481 e. The highest BCUT2D eigenvalue weighted by Gasteiger charge is 2.26. The molecule has 5 heteroatoms. The van der Waals surface area contributed by atoms with Gasteiger partial charge in [-0.3, -0.25) is 9.78 Å². The number of carbonyl (C=O) groups excluding carboxylic acids is 1. The van der Waals surface area contributed by atoms with Crippen molar-refractivity contribution in [3.05, 3.63) is 64.7 Å². The maximum atomic E-state index is 13.6. The summed E-state index contributed by atoms with van der Waals surface area (Å²) in [4.78, 5) is 21.5. The lowest BCUT2D eigenvalue weighted by molar-refractivity contribution is 0.112. The Hall–Kier alpha value is -3.08. The number of aryl methyl sites for hydroxylation is 1. The van der Waals surface area contributed by atoms with Crippen LogP contribution in [0.25, 0.3) is 22.4 Å². The highest BCUT2D eigenvalue weighted by molar-refractivity contribution is 5.93. The molecule has 2 heterocycles. The van der Waals surface area contributed by atoms with Gasteiger partial charge in [-0.1, -0.05) is 26.0 Å². The fourth-order valence-corrected chi connectivity index (χ4v) is 4.09. The fraction of sp³-hybridized carbons (Fsp3) is 0.292. The van der Waals surface area contributed by atoms with Gasteiger partial charge in [0.2, 0.25) is 5.88 Å². The minimum atomic E-state index is -0.299. The molecular formula is C24H23FN2O2. The Morgan fingerprint density at radius 2 is 1.93 bits per heavy atom. The number of ether oxygens (including phenoxy) is 1. The number of nitrogens with zero attached hydrogens (tertiary/aromatic N) is 2. The van der Waals surface area contributed by atoms with Crippen LogP contribution in [0.2, 0.25) is 0 Å². The van der Waals surface area contributed by atoms with Crippen LogP contribution in [0.1, 0.15) is 53.4 Å². The summed E-state index contributed by atoms with van der Waals surface area (Å²) < 4.78 is 18.9. The molecule has 2 aromatic heterocycles. The summed E-state index contributed by atoms with van der Waals surface area (Å²) in [6.07, 6.45) is 5.28. The molecule has 1 aliphatic carbocycles. The molecule has 0 saturated carbocycles. The van der Waals surface area contributed by atoms with Gasteiger partial charge in [-0.15, -0.1) is 0 Å². The number of hydrogen-bond donors (Lipinski definition) is 0. The van der Waals surface area contributed by atoms with Crippen LogP contribution < -0.4 is 4.74 Å². The average molecular weight is 390 g/mol. The number of halogens is 1. The molecule has 29 heavy (non-hydrogen) atoms. The molecule has 0 bridgehead atoms. The van der Waals surface area contributed by atoms with E-state index in [1.165, 1.54) is 12.1 Å². The molecule has 148 valence electrons. The molecule has 1 aromatic carbocycles. The molecule has 0 spiro atoms. The van der Waals surface area contributed by atoms with Crippen molar-refractivity contribution < 1.29 is 13.9 Å². The van der Waals surface area contributed by atoms with Gasteiger partial charge in [0.15, 0.2) is 6.29 Å². The van der Waals surface area contributed by atoms with Gasteiger partial charge in [0, 0.05) is 23.4 Å². The van der Waals surface area contributed by atoms with Crippen molar-refractivity contribution in [1.29, 1.82) is 0 Å². The Morgan fingerprint density at radius 1 is 1.17 bits per heavy atom. The number of benzene rings is 1. The summed E-state index contributed by atoms with van der Waals surface area (Å²) in [7, 11) is 1.61. The van der Waals surface area contributed by atoms with Crippen molar-refractivity contribution in [3.63, 3.8) is 0 Å². The van der Waals surface area contributed by atoms with Crippen LogP contribution in [-0.4, -0.2) is 23.4 Å². The van der Waals surface area contributed by atoms with E-state index in [1.54, 1.807) is 19.2 Å². The van der Waals surface area contributed by atoms with E-state index in [-0.39, 0.29) is 11.7 Å². The molecule has 0 atom stereocenters. The molecule has 0 fully saturated rings. The van der Waals surface area contributed by atoms with E-state index in [0.717, 1.165) is 64.8 Å². The third-order valence-corrected chi connectivity index (χ3v) is 5.46. The minimum absolute atomic E-state index is 0.0672. The maximum absolute atomic E-state index is 13.6. The third kappa shape index (κ3) is 3.41. The Labute approximate surface area is 169 Å². The Bertz CT molecular complexity index is 1080. The molecule has 3 aromatic rings. The van der Waals surface area contributed by atoms with Crippen LogP contribution >= 0.6 is 0 Å². The van der Waals surface area contributed by atoms with Crippen LogP contribution in [0.15, 0.2) is 36.5 Å². The summed E-state index contributed by atoms with van der Waals surface area (Å²) >= 11 is 0. The van der Waals surface area contributed by atoms with Crippen molar-refractivity contribution in [2.45, 2.75) is 39.0 Å². The normalized spacial score (nSPS) is 12.9. The third-order valence-electron chi connectivity index (χ3n) is 5.46. The second kappa shape index (κ2) is 7.74. The van der Waals surface area contributed by atoms with Crippen molar-refractivity contribution in [3.8, 4) is 28.3 Å². The number of hydrogen-bond acceptors (Lipinski definition) is 4. The number of rotatable bonds is 4. The van der Waals surface area contributed by atoms with Gasteiger partial charge in [-0.25, -0.2) is 9.37 Å². The van der Waals surface area contributed by atoms with Crippen LogP contribution in [0, 0.1) is 5.82 Å².